The van der Waals surface area contributed by atoms with Crippen LogP contribution in [0.4, 0.5) is 0 Å². The van der Waals surface area contributed by atoms with Gasteiger partial charge >= 0.3 is 0 Å². The lowest BCUT2D eigenvalue weighted by atomic mass is 9.98. The Bertz CT molecular complexity index is 353. The highest BCUT2D eigenvalue weighted by Crippen LogP contribution is 2.27. The van der Waals surface area contributed by atoms with E-state index in [0.29, 0.717) is 0 Å². The summed E-state index contributed by atoms with van der Waals surface area (Å²) in [5.41, 5.74) is 0. The molecule has 10 heteroatoms. The van der Waals surface area contributed by atoms with Gasteiger partial charge in [-0.25, -0.2) is 0 Å². The van der Waals surface area contributed by atoms with Crippen LogP contribution in [0.1, 0.15) is 6.42 Å². The van der Waals surface area contributed by atoms with Gasteiger partial charge in [-0.05, 0) is 0 Å². The second kappa shape index (κ2) is 7.45. The Morgan fingerprint density at radius 2 is 1.50 bits per heavy atom. The van der Waals surface area contributed by atoms with E-state index in [1.54, 1.807) is 0 Å². The summed E-state index contributed by atoms with van der Waals surface area (Å²) in [7, 11) is 0. The molecule has 0 aromatic carbocycles. The maximum atomic E-state index is 9.86. The van der Waals surface area contributed by atoms with Crippen molar-refractivity contribution in [2.45, 2.75) is 61.7 Å². The largest absolute Gasteiger partial charge is 0.394 e. The Morgan fingerprint density at radius 1 is 0.818 bits per heavy atom. The van der Waals surface area contributed by atoms with Gasteiger partial charge in [0.1, 0.15) is 30.5 Å². The highest BCUT2D eigenvalue weighted by molar-refractivity contribution is 4.90. The number of aliphatic hydroxyl groups is 7. The van der Waals surface area contributed by atoms with Crippen molar-refractivity contribution in [3.8, 4) is 0 Å². The van der Waals surface area contributed by atoms with Crippen molar-refractivity contribution in [3.63, 3.8) is 0 Å². The third-order valence-corrected chi connectivity index (χ3v) is 3.86. The molecule has 0 bridgehead atoms. The van der Waals surface area contributed by atoms with Crippen molar-refractivity contribution in [2.75, 3.05) is 13.2 Å². The van der Waals surface area contributed by atoms with Gasteiger partial charge in [0.25, 0.3) is 0 Å². The predicted octanol–water partition coefficient (Wildman–Crippen LogP) is -4.37. The number of aliphatic hydroxyl groups excluding tert-OH is 7. The normalized spacial score (nSPS) is 50.0. The van der Waals surface area contributed by atoms with Crippen LogP contribution in [-0.2, 0) is 14.2 Å². The highest BCUT2D eigenvalue weighted by atomic mass is 16.7. The monoisotopic (exact) mass is 326 g/mol. The Morgan fingerprint density at radius 3 is 2.09 bits per heavy atom. The number of rotatable bonds is 4. The third kappa shape index (κ3) is 3.57. The molecule has 10 nitrogen and oxygen atoms in total. The minimum Gasteiger partial charge on any atom is -0.394 e. The van der Waals surface area contributed by atoms with Gasteiger partial charge in [-0.2, -0.15) is 0 Å². The number of ether oxygens (including phenoxy) is 3. The molecule has 9 atom stereocenters. The summed E-state index contributed by atoms with van der Waals surface area (Å²) in [6, 6.07) is 0. The van der Waals surface area contributed by atoms with E-state index in [4.69, 9.17) is 24.4 Å². The molecule has 2 heterocycles. The molecule has 2 fully saturated rings. The zero-order chi connectivity index (χ0) is 16.4. The first-order valence-corrected chi connectivity index (χ1v) is 6.97. The predicted molar refractivity (Wildman–Crippen MR) is 67.2 cm³/mol. The molecule has 2 aliphatic heterocycles. The average Bonchev–Trinajstić information content (AvgIpc) is 2.51. The van der Waals surface area contributed by atoms with E-state index in [9.17, 15) is 25.5 Å². The molecule has 0 saturated carbocycles. The topological polar surface area (TPSA) is 169 Å². The summed E-state index contributed by atoms with van der Waals surface area (Å²) in [5.74, 6) is 0. The first-order chi connectivity index (χ1) is 10.4. The molecule has 0 amide bonds. The molecule has 130 valence electrons. The van der Waals surface area contributed by atoms with Crippen molar-refractivity contribution in [1.82, 2.24) is 0 Å². The van der Waals surface area contributed by atoms with Crippen LogP contribution in [0.15, 0.2) is 0 Å². The van der Waals surface area contributed by atoms with Crippen LogP contribution in [0, 0.1) is 0 Å². The van der Waals surface area contributed by atoms with Crippen molar-refractivity contribution in [2.24, 2.45) is 0 Å². The molecule has 0 spiro atoms. The smallest absolute Gasteiger partial charge is 0.187 e. The summed E-state index contributed by atoms with van der Waals surface area (Å²) in [4.78, 5) is 0. The summed E-state index contributed by atoms with van der Waals surface area (Å²) in [6.45, 7) is -1.01. The van der Waals surface area contributed by atoms with E-state index in [-0.39, 0.29) is 6.42 Å². The van der Waals surface area contributed by atoms with E-state index >= 15 is 0 Å². The highest BCUT2D eigenvalue weighted by Gasteiger charge is 2.47. The van der Waals surface area contributed by atoms with Gasteiger partial charge in [0.15, 0.2) is 12.6 Å². The van der Waals surface area contributed by atoms with E-state index in [0.717, 1.165) is 0 Å². The van der Waals surface area contributed by atoms with Crippen molar-refractivity contribution in [1.29, 1.82) is 0 Å². The first kappa shape index (κ1) is 17.9. The van der Waals surface area contributed by atoms with Crippen LogP contribution >= 0.6 is 0 Å². The zero-order valence-corrected chi connectivity index (χ0v) is 11.7. The Kier molecular flexibility index (Phi) is 6.07. The molecular weight excluding hydrogens is 304 g/mol. The molecule has 0 radical (unpaired) electrons. The standard InChI is InChI=1S/C12H22O10/c13-2-4-1-5(8(16)11(19)20-4)21-12-10(18)9(17)7(15)6(3-14)22-12/h4-19H,1-3H2/t4?,5-,6?,7-,8?,9-,10?,11?,12+/m0/s1. The van der Waals surface area contributed by atoms with Gasteiger partial charge in [0, 0.05) is 6.42 Å². The van der Waals surface area contributed by atoms with Crippen LogP contribution in [0.5, 0.6) is 0 Å². The van der Waals surface area contributed by atoms with Crippen LogP contribution in [0.2, 0.25) is 0 Å². The van der Waals surface area contributed by atoms with Crippen LogP contribution in [-0.4, -0.2) is 104 Å². The second-order valence-electron chi connectivity index (χ2n) is 5.43. The molecule has 2 saturated heterocycles. The Hall–Kier alpha value is -0.400. The third-order valence-electron chi connectivity index (χ3n) is 3.86. The summed E-state index contributed by atoms with van der Waals surface area (Å²) < 4.78 is 15.4. The Balaban J connectivity index is 2.04. The molecule has 0 aliphatic carbocycles. The summed E-state index contributed by atoms with van der Waals surface area (Å²) in [5, 5.41) is 66.7. The molecule has 7 N–H and O–H groups in total. The summed E-state index contributed by atoms with van der Waals surface area (Å²) >= 11 is 0. The maximum absolute atomic E-state index is 9.86. The van der Waals surface area contributed by atoms with Crippen LogP contribution < -0.4 is 0 Å². The quantitative estimate of drug-likeness (QED) is 0.268. The first-order valence-electron chi connectivity index (χ1n) is 6.97. The fourth-order valence-corrected chi connectivity index (χ4v) is 2.52. The van der Waals surface area contributed by atoms with Gasteiger partial charge < -0.3 is 50.0 Å². The fraction of sp³-hybridized carbons (Fsp3) is 1.00. The van der Waals surface area contributed by atoms with E-state index in [2.05, 4.69) is 0 Å². The molecule has 2 aliphatic rings. The van der Waals surface area contributed by atoms with Crippen molar-refractivity contribution >= 4 is 0 Å². The molecule has 0 aromatic rings. The van der Waals surface area contributed by atoms with Gasteiger partial charge in [-0.15, -0.1) is 0 Å². The molecular formula is C12H22O10. The van der Waals surface area contributed by atoms with Gasteiger partial charge in [-0.1, -0.05) is 0 Å². The number of hydrogen-bond acceptors (Lipinski definition) is 10. The minimum atomic E-state index is -1.61. The molecule has 2 rings (SSSR count). The van der Waals surface area contributed by atoms with Crippen molar-refractivity contribution < 1.29 is 50.0 Å². The van der Waals surface area contributed by atoms with Crippen LogP contribution in [0.25, 0.3) is 0 Å². The van der Waals surface area contributed by atoms with E-state index < -0.39 is 68.5 Å². The second-order valence-corrected chi connectivity index (χ2v) is 5.43. The summed E-state index contributed by atoms with van der Waals surface area (Å²) in [6.07, 6.45) is -12.1. The molecule has 22 heavy (non-hydrogen) atoms. The maximum Gasteiger partial charge on any atom is 0.187 e. The number of hydrogen-bond donors (Lipinski definition) is 7. The zero-order valence-electron chi connectivity index (χ0n) is 11.7. The van der Waals surface area contributed by atoms with Gasteiger partial charge in [-0.3, -0.25) is 0 Å². The SMILES string of the molecule is OCC1C[C@H](O[C@@H]2OC(CO)[C@H](O)[C@H](O)C2O)C(O)C(O)O1. The average molecular weight is 326 g/mol. The molecule has 0 aromatic heterocycles. The Labute approximate surface area is 126 Å². The van der Waals surface area contributed by atoms with Crippen molar-refractivity contribution in [3.05, 3.63) is 0 Å². The fourth-order valence-electron chi connectivity index (χ4n) is 2.52. The van der Waals surface area contributed by atoms with Crippen LogP contribution in [0.3, 0.4) is 0 Å². The van der Waals surface area contributed by atoms with E-state index in [1.165, 1.54) is 0 Å². The lowest BCUT2D eigenvalue weighted by Gasteiger charge is -2.43. The van der Waals surface area contributed by atoms with E-state index in [1.807, 2.05) is 0 Å². The molecule has 5 unspecified atom stereocenters. The van der Waals surface area contributed by atoms with Gasteiger partial charge in [0.05, 0.1) is 25.4 Å². The lowest BCUT2D eigenvalue weighted by Crippen LogP contribution is -2.61. The lowest BCUT2D eigenvalue weighted by molar-refractivity contribution is -0.339. The van der Waals surface area contributed by atoms with Gasteiger partial charge in [0.2, 0.25) is 0 Å². The minimum absolute atomic E-state index is 0.0176.